The van der Waals surface area contributed by atoms with Gasteiger partial charge in [0.15, 0.2) is 0 Å². The van der Waals surface area contributed by atoms with Gasteiger partial charge in [-0.05, 0) is 67.2 Å². The zero-order valence-electron chi connectivity index (χ0n) is 19.7. The van der Waals surface area contributed by atoms with Crippen molar-refractivity contribution in [2.24, 2.45) is 5.92 Å². The molecule has 170 valence electrons. The summed E-state index contributed by atoms with van der Waals surface area (Å²) in [5, 5.41) is 1.14. The number of aryl methyl sites for hydroxylation is 2. The van der Waals surface area contributed by atoms with E-state index in [4.69, 9.17) is 9.72 Å². The number of hydrogen-bond acceptors (Lipinski definition) is 3. The predicted molar refractivity (Wildman–Crippen MR) is 124 cm³/mol. The van der Waals surface area contributed by atoms with Crippen molar-refractivity contribution < 1.29 is 13.9 Å². The zero-order valence-corrected chi connectivity index (χ0v) is 19.7. The van der Waals surface area contributed by atoms with Gasteiger partial charge in [-0.15, -0.1) is 0 Å². The van der Waals surface area contributed by atoms with E-state index in [1.165, 1.54) is 16.7 Å². The second-order valence-corrected chi connectivity index (χ2v) is 9.80. The van der Waals surface area contributed by atoms with E-state index < -0.39 is 0 Å². The van der Waals surface area contributed by atoms with Crippen LogP contribution in [-0.4, -0.2) is 29.5 Å². The number of benzene rings is 1. The van der Waals surface area contributed by atoms with Crippen LogP contribution in [0, 0.1) is 18.7 Å². The minimum absolute atomic E-state index is 0.0485. The van der Waals surface area contributed by atoms with E-state index in [2.05, 4.69) is 13.8 Å². The normalized spacial score (nSPS) is 20.7. The van der Waals surface area contributed by atoms with Gasteiger partial charge in [-0.3, -0.25) is 9.78 Å². The maximum absolute atomic E-state index is 14.7. The highest BCUT2D eigenvalue weighted by molar-refractivity contribution is 5.97. The molecule has 0 bridgehead atoms. The van der Waals surface area contributed by atoms with Gasteiger partial charge in [-0.1, -0.05) is 32.3 Å². The monoisotopic (exact) mass is 436 g/mol. The van der Waals surface area contributed by atoms with E-state index in [0.29, 0.717) is 19.1 Å². The summed E-state index contributed by atoms with van der Waals surface area (Å²) in [7, 11) is 1.66. The average molecular weight is 437 g/mol. The first-order valence-corrected chi connectivity index (χ1v) is 12.1. The predicted octanol–water partition coefficient (Wildman–Crippen LogP) is 5.73. The first-order chi connectivity index (χ1) is 15.5. The summed E-state index contributed by atoms with van der Waals surface area (Å²) in [6.45, 7) is 7.29. The molecule has 2 aromatic rings. The fraction of sp³-hybridized carbons (Fsp3) is 0.556. The summed E-state index contributed by atoms with van der Waals surface area (Å²) in [6, 6.07) is 1.56. The molecule has 0 fully saturated rings. The molecule has 1 amide bonds. The van der Waals surface area contributed by atoms with E-state index in [-0.39, 0.29) is 17.8 Å². The van der Waals surface area contributed by atoms with Crippen molar-refractivity contribution in [3.05, 3.63) is 51.0 Å². The molecule has 0 N–H and O–H groups in total. The van der Waals surface area contributed by atoms with Crippen molar-refractivity contribution in [1.82, 2.24) is 9.88 Å². The highest BCUT2D eigenvalue weighted by Crippen LogP contribution is 2.48. The molecule has 2 atom stereocenters. The van der Waals surface area contributed by atoms with E-state index in [1.807, 2.05) is 11.8 Å². The number of methoxy groups -OCH3 is 1. The molecule has 2 unspecified atom stereocenters. The highest BCUT2D eigenvalue weighted by Gasteiger charge is 2.43. The Labute approximate surface area is 189 Å². The summed E-state index contributed by atoms with van der Waals surface area (Å²) in [5.74, 6) is 0.272. The number of amides is 1. The van der Waals surface area contributed by atoms with Gasteiger partial charge < -0.3 is 9.64 Å². The van der Waals surface area contributed by atoms with Crippen LogP contribution in [0.25, 0.3) is 10.9 Å². The topological polar surface area (TPSA) is 42.4 Å². The molecule has 3 heterocycles. The lowest BCUT2D eigenvalue weighted by molar-refractivity contribution is -0.131. The third kappa shape index (κ3) is 3.20. The van der Waals surface area contributed by atoms with Crippen LogP contribution >= 0.6 is 0 Å². The van der Waals surface area contributed by atoms with E-state index >= 15 is 0 Å². The van der Waals surface area contributed by atoms with Gasteiger partial charge in [0, 0.05) is 30.7 Å². The molecule has 4 nitrogen and oxygen atoms in total. The molecular weight excluding hydrogens is 403 g/mol. The largest absolute Gasteiger partial charge is 0.380 e. The number of unbranched alkanes of at least 4 members (excludes halogenated alkanes) is 1. The summed E-state index contributed by atoms with van der Waals surface area (Å²) in [5.41, 5.74) is 8.19. The molecule has 32 heavy (non-hydrogen) atoms. The van der Waals surface area contributed by atoms with E-state index in [1.54, 1.807) is 13.2 Å². The molecular formula is C27H33FN2O2. The zero-order chi connectivity index (χ0) is 22.6. The Morgan fingerprint density at radius 1 is 1.28 bits per heavy atom. The lowest BCUT2D eigenvalue weighted by Crippen LogP contribution is -2.38. The van der Waals surface area contributed by atoms with Crippen molar-refractivity contribution in [3.63, 3.8) is 0 Å². The van der Waals surface area contributed by atoms with Gasteiger partial charge in [0.1, 0.15) is 5.82 Å². The van der Waals surface area contributed by atoms with Crippen molar-refractivity contribution in [1.29, 1.82) is 0 Å². The minimum Gasteiger partial charge on any atom is -0.380 e. The number of nitrogens with zero attached hydrogens (tertiary/aromatic N) is 2. The molecule has 3 aliphatic rings. The quantitative estimate of drug-likeness (QED) is 0.581. The smallest absolute Gasteiger partial charge is 0.252 e. The third-order valence-electron chi connectivity index (χ3n) is 7.92. The molecule has 0 saturated heterocycles. The maximum Gasteiger partial charge on any atom is 0.252 e. The number of pyridine rings is 1. The molecule has 5 rings (SSSR count). The minimum atomic E-state index is -0.168. The number of hydrogen-bond donors (Lipinski definition) is 0. The van der Waals surface area contributed by atoms with Crippen molar-refractivity contribution >= 4 is 16.8 Å². The van der Waals surface area contributed by atoms with E-state index in [0.717, 1.165) is 78.2 Å². The standard InChI is InChI=1S/C27H33FN2O2/c1-5-6-8-15(2)19-11-24-26-20(13-30(24)27(31)21(19)14-32-4)18-10-7-9-17-16(3)22(28)12-23(29-26)25(17)18/h12,15,24H,5-11,13-14H2,1-4H3. The second-order valence-electron chi connectivity index (χ2n) is 9.80. The van der Waals surface area contributed by atoms with Gasteiger partial charge in [-0.2, -0.15) is 0 Å². The lowest BCUT2D eigenvalue weighted by atomic mass is 9.82. The fourth-order valence-corrected chi connectivity index (χ4v) is 6.17. The molecule has 1 aliphatic carbocycles. The first-order valence-electron chi connectivity index (χ1n) is 12.1. The highest BCUT2D eigenvalue weighted by atomic mass is 19.1. The van der Waals surface area contributed by atoms with Crippen molar-refractivity contribution in [2.45, 2.75) is 78.3 Å². The van der Waals surface area contributed by atoms with Crippen LogP contribution in [0.4, 0.5) is 4.39 Å². The number of ether oxygens (including phenoxy) is 1. The number of aromatic nitrogens is 1. The Morgan fingerprint density at radius 2 is 2.06 bits per heavy atom. The molecule has 0 radical (unpaired) electrons. The van der Waals surface area contributed by atoms with Crippen LogP contribution in [0.3, 0.4) is 0 Å². The Balaban J connectivity index is 1.63. The van der Waals surface area contributed by atoms with Gasteiger partial charge in [0.05, 0.1) is 23.9 Å². The van der Waals surface area contributed by atoms with Crippen molar-refractivity contribution in [2.75, 3.05) is 13.7 Å². The van der Waals surface area contributed by atoms with Crippen LogP contribution < -0.4 is 0 Å². The number of rotatable bonds is 6. The third-order valence-corrected chi connectivity index (χ3v) is 7.92. The van der Waals surface area contributed by atoms with Crippen LogP contribution in [-0.2, 0) is 28.9 Å². The fourth-order valence-electron chi connectivity index (χ4n) is 6.17. The second kappa shape index (κ2) is 8.26. The Morgan fingerprint density at radius 3 is 2.81 bits per heavy atom. The van der Waals surface area contributed by atoms with Gasteiger partial charge in [0.2, 0.25) is 0 Å². The molecule has 2 aliphatic heterocycles. The Hall–Kier alpha value is -2.27. The van der Waals surface area contributed by atoms with Crippen LogP contribution in [0.1, 0.15) is 79.9 Å². The summed E-state index contributed by atoms with van der Waals surface area (Å²) in [4.78, 5) is 20.7. The molecule has 0 spiro atoms. The number of carbonyl (C=O) groups excluding carboxylic acids is 1. The molecule has 1 aromatic heterocycles. The van der Waals surface area contributed by atoms with Crippen LogP contribution in [0.5, 0.6) is 0 Å². The van der Waals surface area contributed by atoms with Gasteiger partial charge >= 0.3 is 0 Å². The molecule has 0 saturated carbocycles. The summed E-state index contributed by atoms with van der Waals surface area (Å²) in [6.07, 6.45) is 7.09. The van der Waals surface area contributed by atoms with Gasteiger partial charge in [-0.25, -0.2) is 4.39 Å². The first kappa shape index (κ1) is 21.6. The average Bonchev–Trinajstić information content (AvgIpc) is 3.16. The maximum atomic E-state index is 14.7. The van der Waals surface area contributed by atoms with Crippen molar-refractivity contribution in [3.8, 4) is 0 Å². The Kier molecular flexibility index (Phi) is 5.56. The van der Waals surface area contributed by atoms with Gasteiger partial charge in [0.25, 0.3) is 5.91 Å². The van der Waals surface area contributed by atoms with Crippen LogP contribution in [0.2, 0.25) is 0 Å². The number of fused-ring (bicyclic) bond motifs is 4. The van der Waals surface area contributed by atoms with Crippen LogP contribution in [0.15, 0.2) is 17.2 Å². The van der Waals surface area contributed by atoms with E-state index in [9.17, 15) is 9.18 Å². The number of carbonyl (C=O) groups is 1. The molecule has 1 aromatic carbocycles. The molecule has 5 heteroatoms. The number of halogens is 1. The SMILES string of the molecule is CCCCC(C)C1=C(COC)C(=O)N2Cc3c(nc4cc(F)c(C)c5c4c3CCC5)C2C1. The summed E-state index contributed by atoms with van der Waals surface area (Å²) < 4.78 is 20.2. The lowest BCUT2D eigenvalue weighted by Gasteiger charge is -2.35. The Bertz CT molecular complexity index is 1140. The summed E-state index contributed by atoms with van der Waals surface area (Å²) >= 11 is 0.